The summed E-state index contributed by atoms with van der Waals surface area (Å²) >= 11 is 5.78. The maximum absolute atomic E-state index is 13.6. The van der Waals surface area contributed by atoms with Crippen LogP contribution in [0.2, 0.25) is 5.02 Å². The molecular weight excluding hydrogens is 473 g/mol. The first-order valence-electron chi connectivity index (χ1n) is 10.1. The van der Waals surface area contributed by atoms with Crippen molar-refractivity contribution in [2.24, 2.45) is 0 Å². The Kier molecular flexibility index (Phi) is 8.28. The standard InChI is InChI=1S/C23H20ClF3N4O3/c24-17-6-3-16(4-7-17)22(34)29-18-8-5-15(19(12-18)23(25,26)27)2-1-9-28-10-11-31-13-20(32)30-21(33)14-31/h3-8,12,28H,9-11,13-14H2,(H,29,34)(H,30,32,33). The molecule has 0 aromatic heterocycles. The molecule has 11 heteroatoms. The van der Waals surface area contributed by atoms with Gasteiger partial charge >= 0.3 is 6.18 Å². The van der Waals surface area contributed by atoms with Gasteiger partial charge in [-0.05, 0) is 42.5 Å². The molecule has 1 saturated heterocycles. The number of carbonyl (C=O) groups excluding carboxylic acids is 3. The van der Waals surface area contributed by atoms with Crippen LogP contribution >= 0.6 is 11.6 Å². The van der Waals surface area contributed by atoms with Crippen LogP contribution < -0.4 is 16.0 Å². The van der Waals surface area contributed by atoms with Gasteiger partial charge in [0.25, 0.3) is 5.91 Å². The van der Waals surface area contributed by atoms with Crippen LogP contribution in [0.25, 0.3) is 0 Å². The topological polar surface area (TPSA) is 90.5 Å². The lowest BCUT2D eigenvalue weighted by Crippen LogP contribution is -2.52. The van der Waals surface area contributed by atoms with E-state index in [4.69, 9.17) is 11.6 Å². The molecule has 1 heterocycles. The minimum atomic E-state index is -4.67. The number of hydrogen-bond donors (Lipinski definition) is 3. The second-order valence-corrected chi connectivity index (χ2v) is 7.82. The van der Waals surface area contributed by atoms with Gasteiger partial charge in [-0.15, -0.1) is 0 Å². The number of hydrogen-bond acceptors (Lipinski definition) is 5. The predicted molar refractivity (Wildman–Crippen MR) is 120 cm³/mol. The normalized spacial score (nSPS) is 14.2. The van der Waals surface area contributed by atoms with Gasteiger partial charge in [-0.3, -0.25) is 24.6 Å². The number of halogens is 4. The largest absolute Gasteiger partial charge is 0.417 e. The zero-order chi connectivity index (χ0) is 24.7. The van der Waals surface area contributed by atoms with E-state index in [2.05, 4.69) is 27.8 Å². The van der Waals surface area contributed by atoms with Crippen molar-refractivity contribution in [3.8, 4) is 11.8 Å². The average molecular weight is 493 g/mol. The van der Waals surface area contributed by atoms with Gasteiger partial charge < -0.3 is 10.6 Å². The highest BCUT2D eigenvalue weighted by atomic mass is 35.5. The number of nitrogens with zero attached hydrogens (tertiary/aromatic N) is 1. The highest BCUT2D eigenvalue weighted by Gasteiger charge is 2.33. The molecule has 0 aliphatic carbocycles. The molecule has 1 aliphatic rings. The number of imide groups is 1. The Hall–Kier alpha value is -3.39. The summed E-state index contributed by atoms with van der Waals surface area (Å²) in [4.78, 5) is 36.6. The molecule has 0 unspecified atom stereocenters. The van der Waals surface area contributed by atoms with Crippen molar-refractivity contribution in [3.05, 3.63) is 64.2 Å². The molecule has 178 valence electrons. The molecule has 3 amide bonds. The van der Waals surface area contributed by atoms with E-state index in [1.807, 2.05) is 0 Å². The van der Waals surface area contributed by atoms with Crippen LogP contribution in [0, 0.1) is 11.8 Å². The van der Waals surface area contributed by atoms with Gasteiger partial charge in [0.15, 0.2) is 0 Å². The fourth-order valence-electron chi connectivity index (χ4n) is 3.15. The number of nitrogens with one attached hydrogen (secondary N) is 3. The van der Waals surface area contributed by atoms with E-state index in [9.17, 15) is 27.6 Å². The maximum atomic E-state index is 13.6. The summed E-state index contributed by atoms with van der Waals surface area (Å²) in [5.41, 5.74) is -0.956. The molecule has 2 aromatic carbocycles. The number of amides is 3. The van der Waals surface area contributed by atoms with E-state index in [0.29, 0.717) is 18.1 Å². The molecule has 0 radical (unpaired) electrons. The van der Waals surface area contributed by atoms with Crippen LogP contribution in [0.5, 0.6) is 0 Å². The van der Waals surface area contributed by atoms with Gasteiger partial charge in [0.1, 0.15) is 0 Å². The fraction of sp³-hybridized carbons (Fsp3) is 0.261. The molecular formula is C23H20ClF3N4O3. The Balaban J connectivity index is 1.59. The van der Waals surface area contributed by atoms with Gasteiger partial charge in [0.05, 0.1) is 25.2 Å². The Morgan fingerprint density at radius 1 is 1.09 bits per heavy atom. The van der Waals surface area contributed by atoms with Crippen molar-refractivity contribution < 1.29 is 27.6 Å². The summed E-state index contributed by atoms with van der Waals surface area (Å²) in [6.45, 7) is 1.14. The quantitative estimate of drug-likeness (QED) is 0.327. The number of carbonyl (C=O) groups is 3. The third-order valence-electron chi connectivity index (χ3n) is 4.74. The summed E-state index contributed by atoms with van der Waals surface area (Å²) in [7, 11) is 0. The third-order valence-corrected chi connectivity index (χ3v) is 5.00. The molecule has 1 fully saturated rings. The predicted octanol–water partition coefficient (Wildman–Crippen LogP) is 2.51. The summed E-state index contributed by atoms with van der Waals surface area (Å²) in [5, 5.41) is 8.01. The van der Waals surface area contributed by atoms with Gasteiger partial charge in [-0.1, -0.05) is 23.4 Å². The van der Waals surface area contributed by atoms with Crippen LogP contribution in [-0.2, 0) is 15.8 Å². The van der Waals surface area contributed by atoms with Crippen molar-refractivity contribution in [1.82, 2.24) is 15.5 Å². The summed E-state index contributed by atoms with van der Waals surface area (Å²) in [6.07, 6.45) is -4.67. The second-order valence-electron chi connectivity index (χ2n) is 7.38. The van der Waals surface area contributed by atoms with Crippen LogP contribution in [0.4, 0.5) is 18.9 Å². The van der Waals surface area contributed by atoms with E-state index >= 15 is 0 Å². The number of benzene rings is 2. The van der Waals surface area contributed by atoms with Crippen molar-refractivity contribution in [2.45, 2.75) is 6.18 Å². The smallest absolute Gasteiger partial charge is 0.322 e. The Morgan fingerprint density at radius 2 is 1.76 bits per heavy atom. The summed E-state index contributed by atoms with van der Waals surface area (Å²) in [6, 6.07) is 9.33. The number of alkyl halides is 3. The molecule has 1 aliphatic heterocycles. The van der Waals surface area contributed by atoms with Gasteiger partial charge in [0, 0.05) is 34.9 Å². The first-order valence-corrected chi connectivity index (χ1v) is 10.5. The third kappa shape index (κ3) is 7.31. The number of anilines is 1. The minimum Gasteiger partial charge on any atom is -0.322 e. The van der Waals surface area contributed by atoms with Crippen molar-refractivity contribution in [3.63, 3.8) is 0 Å². The fourth-order valence-corrected chi connectivity index (χ4v) is 3.28. The Morgan fingerprint density at radius 3 is 2.41 bits per heavy atom. The zero-order valence-electron chi connectivity index (χ0n) is 17.8. The van der Waals surface area contributed by atoms with Crippen molar-refractivity contribution >= 4 is 35.0 Å². The second kappa shape index (κ2) is 11.2. The molecule has 3 rings (SSSR count). The van der Waals surface area contributed by atoms with Gasteiger partial charge in [0.2, 0.25) is 11.8 Å². The zero-order valence-corrected chi connectivity index (χ0v) is 18.5. The lowest BCUT2D eigenvalue weighted by atomic mass is 10.1. The van der Waals surface area contributed by atoms with Gasteiger partial charge in [-0.2, -0.15) is 13.2 Å². The molecule has 0 saturated carbocycles. The SMILES string of the molecule is O=C1CN(CCNCC#Cc2ccc(NC(=O)c3ccc(Cl)cc3)cc2C(F)(F)F)CC(=O)N1. The lowest BCUT2D eigenvalue weighted by Gasteiger charge is -2.24. The van der Waals surface area contributed by atoms with Crippen LogP contribution in [0.3, 0.4) is 0 Å². The molecule has 7 nitrogen and oxygen atoms in total. The molecule has 34 heavy (non-hydrogen) atoms. The first-order chi connectivity index (χ1) is 16.1. The molecule has 3 N–H and O–H groups in total. The maximum Gasteiger partial charge on any atom is 0.417 e. The lowest BCUT2D eigenvalue weighted by molar-refractivity contribution is -0.138. The highest BCUT2D eigenvalue weighted by molar-refractivity contribution is 6.30. The Bertz CT molecular complexity index is 1120. The van der Waals surface area contributed by atoms with Crippen molar-refractivity contribution in [1.29, 1.82) is 0 Å². The van der Waals surface area contributed by atoms with E-state index in [1.54, 1.807) is 4.90 Å². The Labute approximate surface area is 198 Å². The van der Waals surface area contributed by atoms with Crippen molar-refractivity contribution in [2.75, 3.05) is 38.0 Å². The van der Waals surface area contributed by atoms with E-state index in [-0.39, 0.29) is 48.3 Å². The molecule has 2 aromatic rings. The van der Waals surface area contributed by atoms with Gasteiger partial charge in [-0.25, -0.2) is 0 Å². The monoisotopic (exact) mass is 492 g/mol. The number of piperazine rings is 1. The van der Waals surface area contributed by atoms with E-state index < -0.39 is 17.6 Å². The first kappa shape index (κ1) is 25.2. The molecule has 0 atom stereocenters. The summed E-state index contributed by atoms with van der Waals surface area (Å²) in [5.74, 6) is 3.82. The summed E-state index contributed by atoms with van der Waals surface area (Å²) < 4.78 is 40.7. The average Bonchev–Trinajstić information content (AvgIpc) is 2.76. The highest BCUT2D eigenvalue weighted by Crippen LogP contribution is 2.33. The number of rotatable bonds is 6. The van der Waals surface area contributed by atoms with Crippen LogP contribution in [0.15, 0.2) is 42.5 Å². The van der Waals surface area contributed by atoms with E-state index in [1.165, 1.54) is 36.4 Å². The minimum absolute atomic E-state index is 0.0175. The molecule has 0 spiro atoms. The van der Waals surface area contributed by atoms with Crippen LogP contribution in [0.1, 0.15) is 21.5 Å². The van der Waals surface area contributed by atoms with Crippen LogP contribution in [-0.4, -0.2) is 55.3 Å². The van der Waals surface area contributed by atoms with E-state index in [0.717, 1.165) is 6.07 Å². The molecule has 0 bridgehead atoms.